The molecule has 0 N–H and O–H groups in total. The number of carbonyl (C=O) groups excluding carboxylic acids is 1. The Hall–Kier alpha value is -0.610. The number of nitrogens with zero attached hydrogens (tertiary/aromatic N) is 2. The molecule has 2 aliphatic heterocycles. The fraction of sp³-hybridized carbons (Fsp3) is 0.938. The Morgan fingerprint density at radius 2 is 1.85 bits per heavy atom. The van der Waals surface area contributed by atoms with Gasteiger partial charge in [-0.3, -0.25) is 4.79 Å². The molecule has 0 atom stereocenters. The van der Waals surface area contributed by atoms with Crippen molar-refractivity contribution in [3.8, 4) is 0 Å². The first-order valence-corrected chi connectivity index (χ1v) is 8.35. The lowest BCUT2D eigenvalue weighted by Crippen LogP contribution is -2.62. The third kappa shape index (κ3) is 2.48. The highest BCUT2D eigenvalue weighted by Crippen LogP contribution is 2.49. The van der Waals surface area contributed by atoms with Gasteiger partial charge < -0.3 is 14.5 Å². The van der Waals surface area contributed by atoms with Crippen molar-refractivity contribution in [2.45, 2.75) is 63.6 Å². The number of piperidine rings is 1. The number of amides is 1. The highest BCUT2D eigenvalue weighted by molar-refractivity contribution is 5.89. The summed E-state index contributed by atoms with van der Waals surface area (Å²) in [4.78, 5) is 17.0. The van der Waals surface area contributed by atoms with Crippen LogP contribution in [-0.2, 0) is 9.53 Å². The van der Waals surface area contributed by atoms with Crippen LogP contribution in [0.5, 0.6) is 0 Å². The van der Waals surface area contributed by atoms with Crippen LogP contribution in [0.4, 0.5) is 0 Å². The Morgan fingerprint density at radius 1 is 1.15 bits per heavy atom. The molecule has 3 rings (SSSR count). The van der Waals surface area contributed by atoms with Crippen molar-refractivity contribution >= 4 is 5.91 Å². The predicted molar refractivity (Wildman–Crippen MR) is 78.6 cm³/mol. The first-order valence-electron chi connectivity index (χ1n) is 8.35. The number of ether oxygens (including phenoxy) is 1. The van der Waals surface area contributed by atoms with Crippen LogP contribution in [0.2, 0.25) is 0 Å². The summed E-state index contributed by atoms with van der Waals surface area (Å²) in [5, 5.41) is 0. The van der Waals surface area contributed by atoms with Gasteiger partial charge in [-0.2, -0.15) is 0 Å². The van der Waals surface area contributed by atoms with Gasteiger partial charge in [0.25, 0.3) is 5.91 Å². The van der Waals surface area contributed by atoms with E-state index in [-0.39, 0.29) is 11.5 Å². The molecule has 114 valence electrons. The smallest absolute Gasteiger partial charge is 0.254 e. The van der Waals surface area contributed by atoms with Gasteiger partial charge in [-0.05, 0) is 45.6 Å². The number of carbonyl (C=O) groups is 1. The second kappa shape index (κ2) is 5.30. The maximum Gasteiger partial charge on any atom is 0.254 e. The van der Waals surface area contributed by atoms with E-state index in [4.69, 9.17) is 4.74 Å². The summed E-state index contributed by atoms with van der Waals surface area (Å²) in [6.45, 7) is 9.44. The van der Waals surface area contributed by atoms with Gasteiger partial charge in [-0.25, -0.2) is 0 Å². The van der Waals surface area contributed by atoms with Gasteiger partial charge in [0.2, 0.25) is 0 Å². The molecule has 20 heavy (non-hydrogen) atoms. The van der Waals surface area contributed by atoms with E-state index in [0.717, 1.165) is 51.9 Å². The summed E-state index contributed by atoms with van der Waals surface area (Å²) in [6.07, 6.45) is 6.59. The third-order valence-electron chi connectivity index (χ3n) is 5.25. The zero-order valence-electron chi connectivity index (χ0n) is 13.0. The fourth-order valence-corrected chi connectivity index (χ4v) is 3.71. The molecule has 0 aromatic rings. The molecular formula is C16H28N2O2. The number of morpholine rings is 1. The Labute approximate surface area is 122 Å². The molecule has 2 heterocycles. The molecule has 2 spiro atoms. The summed E-state index contributed by atoms with van der Waals surface area (Å²) in [5.74, 6) is 0.249. The number of rotatable bonds is 4. The SMILES string of the molecule is CCCCN1CCC2(CC1)CN(CC)C(=O)C1(CC1)O2. The normalized spacial score (nSPS) is 28.3. The molecule has 0 unspecified atom stereocenters. The van der Waals surface area contributed by atoms with Crippen molar-refractivity contribution in [3.63, 3.8) is 0 Å². The summed E-state index contributed by atoms with van der Waals surface area (Å²) in [5.41, 5.74) is -0.469. The van der Waals surface area contributed by atoms with E-state index in [1.807, 2.05) is 4.90 Å². The van der Waals surface area contributed by atoms with Gasteiger partial charge in [-0.15, -0.1) is 0 Å². The highest BCUT2D eigenvalue weighted by Gasteiger charge is 2.61. The standard InChI is InChI=1S/C16H28N2O2/c1-3-5-10-17-11-8-15(9-12-17)13-18(4-2)14(19)16(20-15)6-7-16/h3-13H2,1-2H3. The van der Waals surface area contributed by atoms with Crippen LogP contribution < -0.4 is 0 Å². The Balaban J connectivity index is 1.64. The zero-order chi connectivity index (χ0) is 14.2. The molecule has 1 aliphatic carbocycles. The summed E-state index contributed by atoms with van der Waals surface area (Å²) >= 11 is 0. The molecular weight excluding hydrogens is 252 g/mol. The lowest BCUT2D eigenvalue weighted by atomic mass is 9.88. The van der Waals surface area contributed by atoms with E-state index in [1.54, 1.807) is 0 Å². The Morgan fingerprint density at radius 3 is 2.40 bits per heavy atom. The minimum Gasteiger partial charge on any atom is -0.357 e. The number of hydrogen-bond donors (Lipinski definition) is 0. The summed E-state index contributed by atoms with van der Waals surface area (Å²) < 4.78 is 6.39. The molecule has 0 radical (unpaired) electrons. The minimum absolute atomic E-state index is 0.0524. The van der Waals surface area contributed by atoms with Crippen LogP contribution >= 0.6 is 0 Å². The molecule has 2 saturated heterocycles. The van der Waals surface area contributed by atoms with Crippen molar-refractivity contribution in [2.24, 2.45) is 0 Å². The maximum absolute atomic E-state index is 12.4. The average Bonchev–Trinajstić information content (AvgIpc) is 3.23. The van der Waals surface area contributed by atoms with Gasteiger partial charge in [0.1, 0.15) is 5.60 Å². The molecule has 0 bridgehead atoms. The number of hydrogen-bond acceptors (Lipinski definition) is 3. The highest BCUT2D eigenvalue weighted by atomic mass is 16.5. The van der Waals surface area contributed by atoms with Gasteiger partial charge in [-0.1, -0.05) is 13.3 Å². The average molecular weight is 280 g/mol. The maximum atomic E-state index is 12.4. The van der Waals surface area contributed by atoms with E-state index in [0.29, 0.717) is 0 Å². The van der Waals surface area contributed by atoms with Crippen LogP contribution in [0.1, 0.15) is 52.4 Å². The van der Waals surface area contributed by atoms with Gasteiger partial charge in [0.15, 0.2) is 0 Å². The van der Waals surface area contributed by atoms with Crippen molar-refractivity contribution in [1.82, 2.24) is 9.80 Å². The fourth-order valence-electron chi connectivity index (χ4n) is 3.71. The topological polar surface area (TPSA) is 32.8 Å². The molecule has 1 saturated carbocycles. The molecule has 4 nitrogen and oxygen atoms in total. The second-order valence-electron chi connectivity index (χ2n) is 6.79. The van der Waals surface area contributed by atoms with Crippen LogP contribution in [0.25, 0.3) is 0 Å². The largest absolute Gasteiger partial charge is 0.357 e. The summed E-state index contributed by atoms with van der Waals surface area (Å²) in [6, 6.07) is 0. The van der Waals surface area contributed by atoms with Crippen molar-refractivity contribution in [2.75, 3.05) is 32.7 Å². The quantitative estimate of drug-likeness (QED) is 0.790. The van der Waals surface area contributed by atoms with Gasteiger partial charge >= 0.3 is 0 Å². The van der Waals surface area contributed by atoms with Gasteiger partial charge in [0, 0.05) is 26.2 Å². The van der Waals surface area contributed by atoms with Crippen molar-refractivity contribution in [1.29, 1.82) is 0 Å². The van der Waals surface area contributed by atoms with E-state index in [2.05, 4.69) is 18.7 Å². The predicted octanol–water partition coefficient (Wildman–Crippen LogP) is 2.03. The molecule has 0 aromatic carbocycles. The molecule has 4 heteroatoms. The molecule has 3 aliphatic rings. The molecule has 3 fully saturated rings. The molecule has 0 aromatic heterocycles. The monoisotopic (exact) mass is 280 g/mol. The first kappa shape index (κ1) is 14.3. The van der Waals surface area contributed by atoms with Gasteiger partial charge in [0.05, 0.1) is 5.60 Å². The van der Waals surface area contributed by atoms with Crippen LogP contribution in [0.15, 0.2) is 0 Å². The summed E-state index contributed by atoms with van der Waals surface area (Å²) in [7, 11) is 0. The Kier molecular flexibility index (Phi) is 3.80. The van der Waals surface area contributed by atoms with Crippen LogP contribution in [0, 0.1) is 0 Å². The van der Waals surface area contributed by atoms with Crippen molar-refractivity contribution in [3.05, 3.63) is 0 Å². The lowest BCUT2D eigenvalue weighted by molar-refractivity contribution is -0.200. The number of unbranched alkanes of at least 4 members (excludes halogenated alkanes) is 1. The zero-order valence-corrected chi connectivity index (χ0v) is 13.0. The van der Waals surface area contributed by atoms with E-state index < -0.39 is 5.60 Å². The first-order chi connectivity index (χ1) is 9.63. The van der Waals surface area contributed by atoms with E-state index >= 15 is 0 Å². The van der Waals surface area contributed by atoms with Crippen LogP contribution in [-0.4, -0.2) is 59.6 Å². The van der Waals surface area contributed by atoms with Crippen molar-refractivity contribution < 1.29 is 9.53 Å². The second-order valence-corrected chi connectivity index (χ2v) is 6.79. The lowest BCUT2D eigenvalue weighted by Gasteiger charge is -2.50. The third-order valence-corrected chi connectivity index (χ3v) is 5.25. The number of likely N-dealkylation sites (N-methyl/N-ethyl adjacent to an activating group) is 1. The number of likely N-dealkylation sites (tertiary alicyclic amines) is 1. The minimum atomic E-state index is -0.417. The van der Waals surface area contributed by atoms with E-state index in [1.165, 1.54) is 19.4 Å². The Bertz CT molecular complexity index is 371. The molecule has 1 amide bonds. The van der Waals surface area contributed by atoms with Crippen LogP contribution in [0.3, 0.4) is 0 Å². The van der Waals surface area contributed by atoms with E-state index in [9.17, 15) is 4.79 Å².